The van der Waals surface area contributed by atoms with Crippen LogP contribution in [-0.4, -0.2) is 47.7 Å². The van der Waals surface area contributed by atoms with Crippen molar-refractivity contribution in [3.63, 3.8) is 0 Å². The number of benzene rings is 2. The number of hydrogen-bond acceptors (Lipinski definition) is 6. The summed E-state index contributed by atoms with van der Waals surface area (Å²) in [4.78, 5) is 19.5. The number of rotatable bonds is 9. The minimum atomic E-state index is 0.00157. The van der Waals surface area contributed by atoms with Gasteiger partial charge in [0.25, 0.3) is 0 Å². The Hall–Kier alpha value is -3.19. The van der Waals surface area contributed by atoms with Crippen LogP contribution in [0.5, 0.6) is 5.75 Å². The van der Waals surface area contributed by atoms with Crippen molar-refractivity contribution in [1.29, 1.82) is 0 Å². The minimum Gasteiger partial charge on any atom is -0.497 e. The SMILES string of the molecule is COc1ccc(-c2noc(CN3CCCC(C(=O)NCCCc4cccc(C)c4)C3)n2)cc1. The van der Waals surface area contributed by atoms with E-state index in [0.717, 1.165) is 43.5 Å². The van der Waals surface area contributed by atoms with Crippen molar-refractivity contribution in [1.82, 2.24) is 20.4 Å². The molecule has 0 radical (unpaired) electrons. The zero-order chi connectivity index (χ0) is 23.0. The molecule has 0 aliphatic carbocycles. The number of aryl methyl sites for hydroxylation is 2. The lowest BCUT2D eigenvalue weighted by Crippen LogP contribution is -2.43. The topological polar surface area (TPSA) is 80.5 Å². The van der Waals surface area contributed by atoms with E-state index in [-0.39, 0.29) is 11.8 Å². The number of ether oxygens (including phenoxy) is 1. The average molecular weight is 449 g/mol. The van der Waals surface area contributed by atoms with E-state index in [4.69, 9.17) is 9.26 Å². The first kappa shape index (κ1) is 23.0. The van der Waals surface area contributed by atoms with Crippen molar-refractivity contribution < 1.29 is 14.1 Å². The van der Waals surface area contributed by atoms with Crippen LogP contribution >= 0.6 is 0 Å². The van der Waals surface area contributed by atoms with Gasteiger partial charge in [-0.3, -0.25) is 9.69 Å². The highest BCUT2D eigenvalue weighted by Crippen LogP contribution is 2.22. The van der Waals surface area contributed by atoms with Crippen LogP contribution in [-0.2, 0) is 17.8 Å². The third-order valence-electron chi connectivity index (χ3n) is 6.08. The molecule has 4 rings (SSSR count). The molecule has 1 aliphatic heterocycles. The fraction of sp³-hybridized carbons (Fsp3) is 0.423. The number of piperidine rings is 1. The molecule has 2 heterocycles. The van der Waals surface area contributed by atoms with Crippen LogP contribution in [0, 0.1) is 12.8 Å². The molecule has 1 atom stereocenters. The largest absolute Gasteiger partial charge is 0.497 e. The summed E-state index contributed by atoms with van der Waals surface area (Å²) < 4.78 is 10.7. The van der Waals surface area contributed by atoms with Crippen molar-refractivity contribution in [2.45, 2.75) is 39.2 Å². The second-order valence-corrected chi connectivity index (χ2v) is 8.70. The van der Waals surface area contributed by atoms with Gasteiger partial charge in [-0.15, -0.1) is 0 Å². The Morgan fingerprint density at radius 3 is 2.88 bits per heavy atom. The molecule has 1 unspecified atom stereocenters. The molecule has 0 saturated carbocycles. The van der Waals surface area contributed by atoms with Crippen LogP contribution in [0.25, 0.3) is 11.4 Å². The van der Waals surface area contributed by atoms with Gasteiger partial charge in [0.1, 0.15) is 5.75 Å². The molecule has 2 aromatic carbocycles. The smallest absolute Gasteiger partial charge is 0.241 e. The van der Waals surface area contributed by atoms with E-state index in [2.05, 4.69) is 51.5 Å². The van der Waals surface area contributed by atoms with Crippen LogP contribution in [0.3, 0.4) is 0 Å². The zero-order valence-corrected chi connectivity index (χ0v) is 19.4. The van der Waals surface area contributed by atoms with Crippen molar-refractivity contribution in [3.8, 4) is 17.1 Å². The average Bonchev–Trinajstić information content (AvgIpc) is 3.30. The molecule has 1 N–H and O–H groups in total. The minimum absolute atomic E-state index is 0.00157. The highest BCUT2D eigenvalue weighted by atomic mass is 16.5. The summed E-state index contributed by atoms with van der Waals surface area (Å²) in [6, 6.07) is 16.1. The molecular weight excluding hydrogens is 416 g/mol. The highest BCUT2D eigenvalue weighted by Gasteiger charge is 2.26. The Morgan fingerprint density at radius 1 is 1.24 bits per heavy atom. The second-order valence-electron chi connectivity index (χ2n) is 8.70. The van der Waals surface area contributed by atoms with Crippen LogP contribution in [0.15, 0.2) is 53.1 Å². The second kappa shape index (κ2) is 11.1. The van der Waals surface area contributed by atoms with Gasteiger partial charge in [0.2, 0.25) is 17.6 Å². The number of carbonyl (C=O) groups is 1. The number of nitrogens with one attached hydrogen (secondary N) is 1. The van der Waals surface area contributed by atoms with E-state index in [1.807, 2.05) is 24.3 Å². The first-order valence-electron chi connectivity index (χ1n) is 11.6. The first-order valence-corrected chi connectivity index (χ1v) is 11.6. The Bertz CT molecular complexity index is 1050. The normalized spacial score (nSPS) is 16.5. The molecule has 174 valence electrons. The van der Waals surface area contributed by atoms with E-state index in [9.17, 15) is 4.79 Å². The maximum absolute atomic E-state index is 12.7. The molecule has 0 bridgehead atoms. The van der Waals surface area contributed by atoms with E-state index < -0.39 is 0 Å². The molecule has 3 aromatic rings. The fourth-order valence-electron chi connectivity index (χ4n) is 4.30. The Balaban J connectivity index is 1.23. The first-order chi connectivity index (χ1) is 16.1. The van der Waals surface area contributed by atoms with Crippen molar-refractivity contribution in [2.24, 2.45) is 5.92 Å². The molecular formula is C26H32N4O3. The molecule has 1 fully saturated rings. The lowest BCUT2D eigenvalue weighted by molar-refractivity contribution is -0.126. The number of aromatic nitrogens is 2. The zero-order valence-electron chi connectivity index (χ0n) is 19.4. The summed E-state index contributed by atoms with van der Waals surface area (Å²) in [6.07, 6.45) is 3.83. The third kappa shape index (κ3) is 6.42. The molecule has 7 nitrogen and oxygen atoms in total. The maximum atomic E-state index is 12.7. The van der Waals surface area contributed by atoms with Crippen molar-refractivity contribution in [2.75, 3.05) is 26.7 Å². The summed E-state index contributed by atoms with van der Waals surface area (Å²) in [6.45, 7) is 5.01. The summed E-state index contributed by atoms with van der Waals surface area (Å²) in [5.41, 5.74) is 3.48. The third-order valence-corrected chi connectivity index (χ3v) is 6.08. The van der Waals surface area contributed by atoms with Crippen LogP contribution in [0.1, 0.15) is 36.3 Å². The van der Waals surface area contributed by atoms with Gasteiger partial charge >= 0.3 is 0 Å². The molecule has 7 heteroatoms. The number of methoxy groups -OCH3 is 1. The van der Waals surface area contributed by atoms with Crippen LogP contribution in [0.4, 0.5) is 0 Å². The van der Waals surface area contributed by atoms with Gasteiger partial charge in [-0.1, -0.05) is 35.0 Å². The molecule has 1 amide bonds. The summed E-state index contributed by atoms with van der Waals surface area (Å²) in [5, 5.41) is 7.24. The van der Waals surface area contributed by atoms with Crippen molar-refractivity contribution >= 4 is 5.91 Å². The lowest BCUT2D eigenvalue weighted by Gasteiger charge is -2.30. The molecule has 1 aliphatic rings. The number of hydrogen-bond donors (Lipinski definition) is 1. The van der Waals surface area contributed by atoms with Gasteiger partial charge in [0, 0.05) is 18.7 Å². The molecule has 1 saturated heterocycles. The van der Waals surface area contributed by atoms with Gasteiger partial charge in [0.15, 0.2) is 0 Å². The molecule has 33 heavy (non-hydrogen) atoms. The highest BCUT2D eigenvalue weighted by molar-refractivity contribution is 5.78. The number of amides is 1. The van der Waals surface area contributed by atoms with Crippen LogP contribution in [0.2, 0.25) is 0 Å². The quantitative estimate of drug-likeness (QED) is 0.498. The number of carbonyl (C=O) groups excluding carboxylic acids is 1. The summed E-state index contributed by atoms with van der Waals surface area (Å²) in [7, 11) is 1.64. The Kier molecular flexibility index (Phi) is 7.73. The van der Waals surface area contributed by atoms with Crippen molar-refractivity contribution in [3.05, 3.63) is 65.5 Å². The van der Waals surface area contributed by atoms with Gasteiger partial charge in [0.05, 0.1) is 19.6 Å². The molecule has 0 spiro atoms. The van der Waals surface area contributed by atoms with Gasteiger partial charge in [-0.05, 0) is 69.0 Å². The Morgan fingerprint density at radius 2 is 2.09 bits per heavy atom. The van der Waals surface area contributed by atoms with E-state index in [0.29, 0.717) is 31.3 Å². The Labute approximate surface area is 195 Å². The van der Waals surface area contributed by atoms with E-state index in [1.165, 1.54) is 11.1 Å². The summed E-state index contributed by atoms with van der Waals surface area (Å²) in [5.74, 6) is 2.07. The predicted octanol–water partition coefficient (Wildman–Crippen LogP) is 4.01. The van der Waals surface area contributed by atoms with Gasteiger partial charge in [-0.25, -0.2) is 0 Å². The lowest BCUT2D eigenvalue weighted by atomic mass is 9.97. The number of nitrogens with zero attached hydrogens (tertiary/aromatic N) is 3. The molecule has 1 aromatic heterocycles. The van der Waals surface area contributed by atoms with E-state index in [1.54, 1.807) is 7.11 Å². The standard InChI is InChI=1S/C26H32N4O3/c1-19-6-3-7-20(16-19)8-4-14-27-26(31)22-9-5-15-30(17-22)18-24-28-25(29-33-24)21-10-12-23(32-2)13-11-21/h3,6-7,10-13,16,22H,4-5,8-9,14-15,17-18H2,1-2H3,(H,27,31). The van der Waals surface area contributed by atoms with E-state index >= 15 is 0 Å². The predicted molar refractivity (Wildman–Crippen MR) is 127 cm³/mol. The maximum Gasteiger partial charge on any atom is 0.241 e. The monoisotopic (exact) mass is 448 g/mol. The summed E-state index contributed by atoms with van der Waals surface area (Å²) >= 11 is 0. The fourth-order valence-corrected chi connectivity index (χ4v) is 4.30. The van der Waals surface area contributed by atoms with Gasteiger partial charge < -0.3 is 14.6 Å². The van der Waals surface area contributed by atoms with Crippen LogP contribution < -0.4 is 10.1 Å². The number of likely N-dealkylation sites (tertiary alicyclic amines) is 1. The van der Waals surface area contributed by atoms with Gasteiger partial charge in [-0.2, -0.15) is 4.98 Å².